The fourth-order valence-electron chi connectivity index (χ4n) is 2.09. The Bertz CT molecular complexity index is 514. The number of amides is 2. The molecule has 1 aromatic rings. The quantitative estimate of drug-likeness (QED) is 0.838. The summed E-state index contributed by atoms with van der Waals surface area (Å²) in [6.07, 6.45) is 0. The number of nitrogens with zero attached hydrogens (tertiary/aromatic N) is 1. The van der Waals surface area contributed by atoms with Gasteiger partial charge in [-0.05, 0) is 30.5 Å². The molecule has 5 nitrogen and oxygen atoms in total. The normalized spacial score (nSPS) is 11.9. The highest BCUT2D eigenvalue weighted by Crippen LogP contribution is 2.12. The van der Waals surface area contributed by atoms with Crippen LogP contribution in [0.2, 0.25) is 0 Å². The third kappa shape index (κ3) is 5.76. The molecule has 0 saturated heterocycles. The molecule has 0 aromatic heterocycles. The minimum absolute atomic E-state index is 0.0385. The van der Waals surface area contributed by atoms with Crippen molar-refractivity contribution in [3.63, 3.8) is 0 Å². The molecule has 0 aliphatic heterocycles. The highest BCUT2D eigenvalue weighted by atomic mass is 16.5. The van der Waals surface area contributed by atoms with Crippen molar-refractivity contribution in [3.8, 4) is 5.75 Å². The van der Waals surface area contributed by atoms with Crippen LogP contribution in [-0.4, -0.2) is 43.0 Å². The van der Waals surface area contributed by atoms with Crippen LogP contribution in [0.5, 0.6) is 5.75 Å². The van der Waals surface area contributed by atoms with E-state index in [-0.39, 0.29) is 17.7 Å². The molecule has 0 fully saturated rings. The van der Waals surface area contributed by atoms with Crippen LogP contribution in [-0.2, 0) is 9.59 Å². The van der Waals surface area contributed by atoms with Gasteiger partial charge in [-0.1, -0.05) is 26.0 Å². The van der Waals surface area contributed by atoms with Crippen molar-refractivity contribution in [2.75, 3.05) is 20.2 Å². The summed E-state index contributed by atoms with van der Waals surface area (Å²) in [6, 6.07) is 7.29. The first-order valence-corrected chi connectivity index (χ1v) is 7.52. The average molecular weight is 306 g/mol. The number of rotatable bonds is 7. The molecule has 0 saturated carbocycles. The number of nitrogens with one attached hydrogen (secondary N) is 1. The van der Waals surface area contributed by atoms with E-state index in [9.17, 15) is 9.59 Å². The molecule has 0 radical (unpaired) electrons. The van der Waals surface area contributed by atoms with E-state index in [0.29, 0.717) is 13.2 Å². The highest BCUT2D eigenvalue weighted by Gasteiger charge is 2.25. The molecule has 0 aliphatic carbocycles. The summed E-state index contributed by atoms with van der Waals surface area (Å²) in [5.74, 6) is 0.536. The lowest BCUT2D eigenvalue weighted by molar-refractivity contribution is -0.136. The number of carbonyl (C=O) groups excluding carboxylic acids is 2. The van der Waals surface area contributed by atoms with Gasteiger partial charge in [-0.3, -0.25) is 9.59 Å². The van der Waals surface area contributed by atoms with Crippen LogP contribution in [0.15, 0.2) is 24.3 Å². The number of aryl methyl sites for hydroxylation is 1. The van der Waals surface area contributed by atoms with Crippen molar-refractivity contribution in [1.29, 1.82) is 0 Å². The van der Waals surface area contributed by atoms with Crippen molar-refractivity contribution < 1.29 is 14.3 Å². The van der Waals surface area contributed by atoms with Crippen LogP contribution in [0, 0.1) is 12.8 Å². The summed E-state index contributed by atoms with van der Waals surface area (Å²) in [5.41, 5.74) is 1.13. The molecule has 0 heterocycles. The van der Waals surface area contributed by atoms with Crippen molar-refractivity contribution in [2.24, 2.45) is 5.92 Å². The Balaban J connectivity index is 2.50. The van der Waals surface area contributed by atoms with Gasteiger partial charge in [0.2, 0.25) is 11.8 Å². The Morgan fingerprint density at radius 2 is 2.00 bits per heavy atom. The summed E-state index contributed by atoms with van der Waals surface area (Å²) < 4.78 is 5.65. The van der Waals surface area contributed by atoms with Crippen LogP contribution in [0.1, 0.15) is 26.3 Å². The molecule has 1 N–H and O–H groups in total. The second kappa shape index (κ2) is 8.41. The molecule has 1 atom stereocenters. The van der Waals surface area contributed by atoms with E-state index < -0.39 is 6.04 Å². The van der Waals surface area contributed by atoms with Crippen molar-refractivity contribution in [1.82, 2.24) is 10.2 Å². The zero-order chi connectivity index (χ0) is 16.7. The first-order valence-electron chi connectivity index (χ1n) is 7.52. The van der Waals surface area contributed by atoms with Gasteiger partial charge in [0.1, 0.15) is 18.4 Å². The fourth-order valence-corrected chi connectivity index (χ4v) is 2.09. The number of carbonyl (C=O) groups is 2. The molecule has 1 aromatic carbocycles. The zero-order valence-corrected chi connectivity index (χ0v) is 14.1. The molecule has 0 aliphatic rings. The summed E-state index contributed by atoms with van der Waals surface area (Å²) in [4.78, 5) is 25.2. The summed E-state index contributed by atoms with van der Waals surface area (Å²) in [5, 5.41) is 2.70. The second-order valence-electron chi connectivity index (χ2n) is 5.85. The molecule has 0 bridgehead atoms. The maximum atomic E-state index is 12.4. The maximum Gasteiger partial charge on any atom is 0.245 e. The van der Waals surface area contributed by atoms with Gasteiger partial charge >= 0.3 is 0 Å². The van der Waals surface area contributed by atoms with Gasteiger partial charge in [-0.25, -0.2) is 0 Å². The number of likely N-dealkylation sites (N-methyl/N-ethyl adjacent to an activating group) is 1. The van der Waals surface area contributed by atoms with Gasteiger partial charge in [0.05, 0.1) is 6.54 Å². The summed E-state index contributed by atoms with van der Waals surface area (Å²) in [7, 11) is 1.72. The van der Waals surface area contributed by atoms with Crippen molar-refractivity contribution in [3.05, 3.63) is 29.8 Å². The number of hydrogen-bond acceptors (Lipinski definition) is 3. The average Bonchev–Trinajstić information content (AvgIpc) is 2.43. The lowest BCUT2D eigenvalue weighted by Gasteiger charge is -2.26. The minimum Gasteiger partial charge on any atom is -0.492 e. The van der Waals surface area contributed by atoms with Gasteiger partial charge in [0, 0.05) is 14.0 Å². The van der Waals surface area contributed by atoms with Crippen molar-refractivity contribution in [2.45, 2.75) is 33.7 Å². The van der Waals surface area contributed by atoms with E-state index >= 15 is 0 Å². The molecule has 2 amide bonds. The third-order valence-electron chi connectivity index (χ3n) is 3.35. The predicted octanol–water partition coefficient (Wildman–Crippen LogP) is 1.99. The third-order valence-corrected chi connectivity index (χ3v) is 3.35. The fraction of sp³-hybridized carbons (Fsp3) is 0.529. The zero-order valence-electron chi connectivity index (χ0n) is 14.1. The molecule has 22 heavy (non-hydrogen) atoms. The van der Waals surface area contributed by atoms with E-state index in [1.54, 1.807) is 11.9 Å². The van der Waals surface area contributed by atoms with Gasteiger partial charge in [-0.15, -0.1) is 0 Å². The van der Waals surface area contributed by atoms with Gasteiger partial charge < -0.3 is 15.0 Å². The van der Waals surface area contributed by atoms with Crippen LogP contribution >= 0.6 is 0 Å². The van der Waals surface area contributed by atoms with Crippen LogP contribution < -0.4 is 10.1 Å². The first kappa shape index (κ1) is 18.0. The Labute approximate surface area is 132 Å². The molecule has 1 rings (SSSR count). The highest BCUT2D eigenvalue weighted by molar-refractivity contribution is 5.86. The Morgan fingerprint density at radius 3 is 2.55 bits per heavy atom. The summed E-state index contributed by atoms with van der Waals surface area (Å²) in [6.45, 7) is 8.13. The minimum atomic E-state index is -0.499. The second-order valence-corrected chi connectivity index (χ2v) is 5.85. The number of ether oxygens (including phenoxy) is 1. The smallest absolute Gasteiger partial charge is 0.245 e. The molecule has 5 heteroatoms. The predicted molar refractivity (Wildman–Crippen MR) is 86.8 cm³/mol. The monoisotopic (exact) mass is 306 g/mol. The van der Waals surface area contributed by atoms with Gasteiger partial charge in [0.15, 0.2) is 0 Å². The number of hydrogen-bond donors (Lipinski definition) is 1. The van der Waals surface area contributed by atoms with Crippen LogP contribution in [0.4, 0.5) is 0 Å². The van der Waals surface area contributed by atoms with E-state index in [1.807, 2.05) is 45.0 Å². The Morgan fingerprint density at radius 1 is 1.32 bits per heavy atom. The molecule has 1 unspecified atom stereocenters. The van der Waals surface area contributed by atoms with Crippen LogP contribution in [0.3, 0.4) is 0 Å². The molecule has 122 valence electrons. The maximum absolute atomic E-state index is 12.4. The SMILES string of the molecule is CC(=O)NC(C(=O)N(C)CCOc1cccc(C)c1)C(C)C. The first-order chi connectivity index (χ1) is 10.3. The molecular weight excluding hydrogens is 280 g/mol. The standard InChI is InChI=1S/C17H26N2O3/c1-12(2)16(18-14(4)20)17(21)19(5)9-10-22-15-8-6-7-13(3)11-15/h6-8,11-12,16H,9-10H2,1-5H3,(H,18,20). The van der Waals surface area contributed by atoms with E-state index in [0.717, 1.165) is 11.3 Å². The lowest BCUT2D eigenvalue weighted by Crippen LogP contribution is -2.50. The lowest BCUT2D eigenvalue weighted by atomic mass is 10.0. The van der Waals surface area contributed by atoms with Crippen molar-refractivity contribution >= 4 is 11.8 Å². The van der Waals surface area contributed by atoms with E-state index in [2.05, 4.69) is 5.32 Å². The van der Waals surface area contributed by atoms with Crippen LogP contribution in [0.25, 0.3) is 0 Å². The van der Waals surface area contributed by atoms with E-state index in [4.69, 9.17) is 4.74 Å². The number of benzene rings is 1. The van der Waals surface area contributed by atoms with Gasteiger partial charge in [0.25, 0.3) is 0 Å². The molecule has 0 spiro atoms. The Hall–Kier alpha value is -2.04. The van der Waals surface area contributed by atoms with Gasteiger partial charge in [-0.2, -0.15) is 0 Å². The van der Waals surface area contributed by atoms with E-state index in [1.165, 1.54) is 6.92 Å². The topological polar surface area (TPSA) is 58.6 Å². The summed E-state index contributed by atoms with van der Waals surface area (Å²) >= 11 is 0. The Kier molecular flexibility index (Phi) is 6.89. The largest absolute Gasteiger partial charge is 0.492 e. The molecular formula is C17H26N2O3.